The van der Waals surface area contributed by atoms with Gasteiger partial charge in [0.1, 0.15) is 0 Å². The lowest BCUT2D eigenvalue weighted by molar-refractivity contribution is -0.180. The van der Waals surface area contributed by atoms with Crippen molar-refractivity contribution in [3.05, 3.63) is 35.7 Å². The van der Waals surface area contributed by atoms with Crippen LogP contribution in [0.2, 0.25) is 0 Å². The minimum Gasteiger partial charge on any atom is -0.473 e. The second kappa shape index (κ2) is 3.25. The summed E-state index contributed by atoms with van der Waals surface area (Å²) in [6.07, 6.45) is -4.51. The molecule has 1 atom stereocenters. The van der Waals surface area contributed by atoms with Crippen LogP contribution in [0.4, 0.5) is 17.6 Å². The SMILES string of the molecule is Fc1cccc2c1OC(C(F)(F)F)C=C2. The summed E-state index contributed by atoms with van der Waals surface area (Å²) in [5.74, 6) is -1.13. The van der Waals surface area contributed by atoms with E-state index in [4.69, 9.17) is 0 Å². The smallest absolute Gasteiger partial charge is 0.429 e. The fraction of sp³-hybridized carbons (Fsp3) is 0.200. The molecule has 0 aromatic heterocycles. The Bertz CT molecular complexity index is 408. The number of para-hydroxylation sites is 1. The Morgan fingerprint density at radius 1 is 1.20 bits per heavy atom. The monoisotopic (exact) mass is 218 g/mol. The van der Waals surface area contributed by atoms with Crippen LogP contribution in [-0.4, -0.2) is 12.3 Å². The van der Waals surface area contributed by atoms with Crippen LogP contribution in [0.5, 0.6) is 5.75 Å². The molecule has 1 aromatic carbocycles. The summed E-state index contributed by atoms with van der Waals surface area (Å²) in [6.45, 7) is 0. The van der Waals surface area contributed by atoms with Gasteiger partial charge in [0.15, 0.2) is 11.6 Å². The summed E-state index contributed by atoms with van der Waals surface area (Å²) in [7, 11) is 0. The molecule has 0 radical (unpaired) electrons. The Morgan fingerprint density at radius 3 is 2.60 bits per heavy atom. The van der Waals surface area contributed by atoms with Gasteiger partial charge in [-0.25, -0.2) is 4.39 Å². The number of fused-ring (bicyclic) bond motifs is 1. The summed E-state index contributed by atoms with van der Waals surface area (Å²) >= 11 is 0. The number of halogens is 4. The van der Waals surface area contributed by atoms with Gasteiger partial charge >= 0.3 is 6.18 Å². The van der Waals surface area contributed by atoms with Gasteiger partial charge in [-0.1, -0.05) is 18.2 Å². The molecule has 0 saturated carbocycles. The number of ether oxygens (including phenoxy) is 1. The minimum atomic E-state index is -4.52. The molecule has 0 N–H and O–H groups in total. The van der Waals surface area contributed by atoms with E-state index in [1.807, 2.05) is 0 Å². The van der Waals surface area contributed by atoms with Crippen molar-refractivity contribution in [3.63, 3.8) is 0 Å². The van der Waals surface area contributed by atoms with E-state index >= 15 is 0 Å². The molecule has 1 nitrogen and oxygen atoms in total. The Labute approximate surface area is 83.0 Å². The Hall–Kier alpha value is -1.52. The normalized spacial score (nSPS) is 19.6. The molecule has 0 aliphatic carbocycles. The van der Waals surface area contributed by atoms with Crippen molar-refractivity contribution in [2.45, 2.75) is 12.3 Å². The van der Waals surface area contributed by atoms with Crippen molar-refractivity contribution in [2.24, 2.45) is 0 Å². The van der Waals surface area contributed by atoms with E-state index < -0.39 is 18.1 Å². The van der Waals surface area contributed by atoms with Crippen LogP contribution in [0.25, 0.3) is 6.08 Å². The van der Waals surface area contributed by atoms with Gasteiger partial charge in [-0.15, -0.1) is 0 Å². The highest BCUT2D eigenvalue weighted by Gasteiger charge is 2.41. The zero-order valence-corrected chi connectivity index (χ0v) is 7.38. The van der Waals surface area contributed by atoms with Gasteiger partial charge < -0.3 is 4.74 Å². The van der Waals surface area contributed by atoms with E-state index in [0.717, 1.165) is 12.1 Å². The third-order valence-electron chi connectivity index (χ3n) is 2.02. The Kier molecular flexibility index (Phi) is 2.17. The molecule has 1 unspecified atom stereocenters. The summed E-state index contributed by atoms with van der Waals surface area (Å²) in [4.78, 5) is 0. The third kappa shape index (κ3) is 1.82. The fourth-order valence-electron chi connectivity index (χ4n) is 1.31. The van der Waals surface area contributed by atoms with Gasteiger partial charge in [0.2, 0.25) is 6.10 Å². The lowest BCUT2D eigenvalue weighted by Gasteiger charge is -2.23. The lowest BCUT2D eigenvalue weighted by atomic mass is 10.1. The maximum atomic E-state index is 13.1. The van der Waals surface area contributed by atoms with Gasteiger partial charge in [0.25, 0.3) is 0 Å². The first-order chi connectivity index (χ1) is 6.98. The molecule has 1 heterocycles. The summed E-state index contributed by atoms with van der Waals surface area (Å²) in [6, 6.07) is 3.96. The molecule has 80 valence electrons. The zero-order chi connectivity index (χ0) is 11.1. The van der Waals surface area contributed by atoms with Crippen LogP contribution in [0, 0.1) is 5.82 Å². The molecule has 0 amide bonds. The van der Waals surface area contributed by atoms with Crippen molar-refractivity contribution in [1.29, 1.82) is 0 Å². The Balaban J connectivity index is 2.38. The van der Waals surface area contributed by atoms with Crippen LogP contribution < -0.4 is 4.74 Å². The predicted octanol–water partition coefficient (Wildman–Crippen LogP) is 3.16. The number of hydrogen-bond donors (Lipinski definition) is 0. The molecule has 15 heavy (non-hydrogen) atoms. The maximum Gasteiger partial charge on any atom is 0.429 e. The molecule has 0 fully saturated rings. The van der Waals surface area contributed by atoms with Crippen molar-refractivity contribution in [3.8, 4) is 5.75 Å². The van der Waals surface area contributed by atoms with Crippen molar-refractivity contribution >= 4 is 6.08 Å². The highest BCUT2D eigenvalue weighted by molar-refractivity contribution is 5.60. The van der Waals surface area contributed by atoms with Crippen LogP contribution in [-0.2, 0) is 0 Å². The molecule has 0 bridgehead atoms. The second-order valence-electron chi connectivity index (χ2n) is 3.10. The molecular formula is C10H6F4O. The van der Waals surface area contributed by atoms with Crippen LogP contribution >= 0.6 is 0 Å². The van der Waals surface area contributed by atoms with Crippen molar-refractivity contribution in [1.82, 2.24) is 0 Å². The molecule has 2 rings (SSSR count). The van der Waals surface area contributed by atoms with Gasteiger partial charge in [-0.3, -0.25) is 0 Å². The average Bonchev–Trinajstić information content (AvgIpc) is 2.16. The van der Waals surface area contributed by atoms with E-state index in [9.17, 15) is 17.6 Å². The highest BCUT2D eigenvalue weighted by atomic mass is 19.4. The van der Waals surface area contributed by atoms with E-state index in [1.54, 1.807) is 0 Å². The van der Waals surface area contributed by atoms with Crippen LogP contribution in [0.1, 0.15) is 5.56 Å². The van der Waals surface area contributed by atoms with E-state index in [1.165, 1.54) is 18.2 Å². The maximum absolute atomic E-state index is 13.1. The van der Waals surface area contributed by atoms with E-state index in [-0.39, 0.29) is 5.75 Å². The quantitative estimate of drug-likeness (QED) is 0.608. The molecule has 1 aromatic rings. The number of benzene rings is 1. The summed E-state index contributed by atoms with van der Waals surface area (Å²) in [5.41, 5.74) is 0.315. The zero-order valence-electron chi connectivity index (χ0n) is 7.38. The van der Waals surface area contributed by atoms with Gasteiger partial charge in [0, 0.05) is 5.56 Å². The van der Waals surface area contributed by atoms with E-state index in [2.05, 4.69) is 4.74 Å². The minimum absolute atomic E-state index is 0.315. The standard InChI is InChI=1S/C10H6F4O/c11-7-3-1-2-6-4-5-8(10(12,13)14)15-9(6)7/h1-5,8H. The fourth-order valence-corrected chi connectivity index (χ4v) is 1.31. The first kappa shape index (κ1) is 10.0. The molecule has 0 spiro atoms. The Morgan fingerprint density at radius 2 is 1.93 bits per heavy atom. The van der Waals surface area contributed by atoms with Crippen LogP contribution in [0.3, 0.4) is 0 Å². The van der Waals surface area contributed by atoms with Crippen molar-refractivity contribution < 1.29 is 22.3 Å². The molecule has 1 aliphatic heterocycles. The van der Waals surface area contributed by atoms with E-state index in [0.29, 0.717) is 5.56 Å². The molecule has 1 aliphatic rings. The first-order valence-electron chi connectivity index (χ1n) is 4.18. The van der Waals surface area contributed by atoms with Gasteiger partial charge in [0.05, 0.1) is 0 Å². The van der Waals surface area contributed by atoms with Gasteiger partial charge in [-0.05, 0) is 12.1 Å². The third-order valence-corrected chi connectivity index (χ3v) is 2.02. The lowest BCUT2D eigenvalue weighted by Crippen LogP contribution is -2.34. The number of rotatable bonds is 0. The number of hydrogen-bond acceptors (Lipinski definition) is 1. The largest absolute Gasteiger partial charge is 0.473 e. The highest BCUT2D eigenvalue weighted by Crippen LogP contribution is 2.34. The molecule has 5 heteroatoms. The first-order valence-corrected chi connectivity index (χ1v) is 4.18. The van der Waals surface area contributed by atoms with Crippen LogP contribution in [0.15, 0.2) is 24.3 Å². The predicted molar refractivity (Wildman–Crippen MR) is 45.9 cm³/mol. The summed E-state index contributed by atoms with van der Waals surface area (Å²) < 4.78 is 54.5. The molecular weight excluding hydrogens is 212 g/mol. The topological polar surface area (TPSA) is 9.23 Å². The second-order valence-corrected chi connectivity index (χ2v) is 3.10. The number of alkyl halides is 3. The molecule has 0 saturated heterocycles. The van der Waals surface area contributed by atoms with Crippen molar-refractivity contribution in [2.75, 3.05) is 0 Å². The summed E-state index contributed by atoms with van der Waals surface area (Å²) in [5, 5.41) is 0. The average molecular weight is 218 g/mol. The van der Waals surface area contributed by atoms with Gasteiger partial charge in [-0.2, -0.15) is 13.2 Å².